The van der Waals surface area contributed by atoms with Crippen LogP contribution in [0.1, 0.15) is 65.7 Å². The zero-order chi connectivity index (χ0) is 14.5. The van der Waals surface area contributed by atoms with Gasteiger partial charge in [0.2, 0.25) is 5.91 Å². The number of hydrogen-bond acceptors (Lipinski definition) is 2. The Hall–Kier alpha value is -0.570. The lowest BCUT2D eigenvalue weighted by Gasteiger charge is -2.35. The van der Waals surface area contributed by atoms with Crippen molar-refractivity contribution in [1.29, 1.82) is 0 Å². The molecule has 0 aromatic heterocycles. The highest BCUT2D eigenvalue weighted by Gasteiger charge is 2.27. The van der Waals surface area contributed by atoms with Gasteiger partial charge in [-0.25, -0.2) is 0 Å². The van der Waals surface area contributed by atoms with Gasteiger partial charge < -0.3 is 10.2 Å². The van der Waals surface area contributed by atoms with E-state index in [9.17, 15) is 4.79 Å². The zero-order valence-corrected chi connectivity index (χ0v) is 13.5. The summed E-state index contributed by atoms with van der Waals surface area (Å²) in [6.45, 7) is 8.64. The molecule has 1 N–H and O–H groups in total. The van der Waals surface area contributed by atoms with E-state index in [1.165, 1.54) is 44.9 Å². The quantitative estimate of drug-likeness (QED) is 0.857. The molecule has 1 unspecified atom stereocenters. The monoisotopic (exact) mass is 280 g/mol. The molecule has 0 aromatic carbocycles. The van der Waals surface area contributed by atoms with Gasteiger partial charge in [-0.3, -0.25) is 4.79 Å². The number of carbonyl (C=O) groups excluding carboxylic acids is 1. The minimum Gasteiger partial charge on any atom is -0.341 e. The van der Waals surface area contributed by atoms with Crippen molar-refractivity contribution in [2.45, 2.75) is 77.8 Å². The Morgan fingerprint density at radius 2 is 1.60 bits per heavy atom. The van der Waals surface area contributed by atoms with Crippen molar-refractivity contribution in [2.24, 2.45) is 11.8 Å². The molecular formula is C17H32N2O. The molecule has 3 nitrogen and oxygen atoms in total. The second-order valence-electron chi connectivity index (χ2n) is 7.13. The molecule has 1 atom stereocenters. The molecular weight excluding hydrogens is 248 g/mol. The van der Waals surface area contributed by atoms with E-state index < -0.39 is 0 Å². The Bertz CT molecular complexity index is 302. The average Bonchev–Trinajstić information content (AvgIpc) is 2.48. The molecule has 1 aliphatic carbocycles. The fraction of sp³-hybridized carbons (Fsp3) is 0.941. The van der Waals surface area contributed by atoms with E-state index in [2.05, 4.69) is 24.1 Å². The van der Waals surface area contributed by atoms with Crippen molar-refractivity contribution >= 4 is 5.91 Å². The maximum atomic E-state index is 12.4. The Kier molecular flexibility index (Phi) is 5.88. The largest absolute Gasteiger partial charge is 0.341 e. The molecule has 0 radical (unpaired) electrons. The number of carbonyl (C=O) groups is 1. The van der Waals surface area contributed by atoms with Gasteiger partial charge in [-0.05, 0) is 63.7 Å². The smallest absolute Gasteiger partial charge is 0.239 e. The molecule has 0 bridgehead atoms. The van der Waals surface area contributed by atoms with Gasteiger partial charge in [-0.15, -0.1) is 0 Å². The average molecular weight is 280 g/mol. The normalized spacial score (nSPS) is 29.5. The van der Waals surface area contributed by atoms with Crippen LogP contribution < -0.4 is 5.32 Å². The lowest BCUT2D eigenvalue weighted by molar-refractivity contribution is -0.134. The molecule has 2 rings (SSSR count). The molecule has 1 heterocycles. The predicted octanol–water partition coefficient (Wildman–Crippen LogP) is 3.19. The van der Waals surface area contributed by atoms with E-state index in [1.807, 2.05) is 6.92 Å². The highest BCUT2D eigenvalue weighted by molar-refractivity contribution is 5.81. The van der Waals surface area contributed by atoms with Gasteiger partial charge in [0.05, 0.1) is 6.04 Å². The van der Waals surface area contributed by atoms with Crippen LogP contribution in [0.15, 0.2) is 0 Å². The van der Waals surface area contributed by atoms with Crippen LogP contribution in [0.2, 0.25) is 0 Å². The van der Waals surface area contributed by atoms with Crippen LogP contribution in [0.25, 0.3) is 0 Å². The van der Waals surface area contributed by atoms with E-state index in [0.29, 0.717) is 11.9 Å². The molecule has 1 amide bonds. The molecule has 116 valence electrons. The SMILES string of the molecule is CC(NC1CCC(C(C)C)CC1)C(=O)N1CCCCC1. The summed E-state index contributed by atoms with van der Waals surface area (Å²) in [5, 5.41) is 3.58. The lowest BCUT2D eigenvalue weighted by atomic mass is 9.79. The first-order valence-corrected chi connectivity index (χ1v) is 8.62. The lowest BCUT2D eigenvalue weighted by Crippen LogP contribution is -2.50. The van der Waals surface area contributed by atoms with Gasteiger partial charge in [-0.1, -0.05) is 13.8 Å². The third kappa shape index (κ3) is 4.21. The molecule has 1 aliphatic heterocycles. The van der Waals surface area contributed by atoms with Crippen LogP contribution >= 0.6 is 0 Å². The topological polar surface area (TPSA) is 32.3 Å². The predicted molar refractivity (Wildman–Crippen MR) is 83.6 cm³/mol. The number of amides is 1. The van der Waals surface area contributed by atoms with Crippen molar-refractivity contribution in [3.05, 3.63) is 0 Å². The standard InChI is InChI=1S/C17H32N2O/c1-13(2)15-7-9-16(10-8-15)18-14(3)17(20)19-11-5-4-6-12-19/h13-16,18H,4-12H2,1-3H3. The van der Waals surface area contributed by atoms with Crippen molar-refractivity contribution in [3.8, 4) is 0 Å². The first-order valence-electron chi connectivity index (χ1n) is 8.62. The molecule has 1 saturated carbocycles. The highest BCUT2D eigenvalue weighted by Crippen LogP contribution is 2.30. The van der Waals surface area contributed by atoms with Crippen molar-refractivity contribution in [1.82, 2.24) is 10.2 Å². The van der Waals surface area contributed by atoms with Crippen molar-refractivity contribution < 1.29 is 4.79 Å². The summed E-state index contributed by atoms with van der Waals surface area (Å²) in [5.41, 5.74) is 0. The van der Waals surface area contributed by atoms with E-state index in [-0.39, 0.29) is 6.04 Å². The van der Waals surface area contributed by atoms with Gasteiger partial charge in [0.1, 0.15) is 0 Å². The summed E-state index contributed by atoms with van der Waals surface area (Å²) < 4.78 is 0. The summed E-state index contributed by atoms with van der Waals surface area (Å²) in [6.07, 6.45) is 8.75. The number of rotatable bonds is 4. The van der Waals surface area contributed by atoms with E-state index >= 15 is 0 Å². The maximum absolute atomic E-state index is 12.4. The number of likely N-dealkylation sites (tertiary alicyclic amines) is 1. The van der Waals surface area contributed by atoms with Gasteiger partial charge in [-0.2, -0.15) is 0 Å². The molecule has 3 heteroatoms. The van der Waals surface area contributed by atoms with Crippen LogP contribution in [0.4, 0.5) is 0 Å². The van der Waals surface area contributed by atoms with Crippen LogP contribution in [0.5, 0.6) is 0 Å². The molecule has 2 aliphatic rings. The summed E-state index contributed by atoms with van der Waals surface area (Å²) in [4.78, 5) is 14.5. The summed E-state index contributed by atoms with van der Waals surface area (Å²) in [6, 6.07) is 0.544. The van der Waals surface area contributed by atoms with Gasteiger partial charge in [0, 0.05) is 19.1 Å². The third-order valence-corrected chi connectivity index (χ3v) is 5.24. The third-order valence-electron chi connectivity index (χ3n) is 5.24. The second kappa shape index (κ2) is 7.44. The molecule has 20 heavy (non-hydrogen) atoms. The molecule has 1 saturated heterocycles. The highest BCUT2D eigenvalue weighted by atomic mass is 16.2. The Morgan fingerprint density at radius 3 is 2.15 bits per heavy atom. The minimum absolute atomic E-state index is 0.00583. The Balaban J connectivity index is 1.74. The number of piperidine rings is 1. The Labute approximate surface area is 124 Å². The second-order valence-corrected chi connectivity index (χ2v) is 7.13. The summed E-state index contributed by atoms with van der Waals surface area (Å²) >= 11 is 0. The minimum atomic E-state index is -0.00583. The fourth-order valence-electron chi connectivity index (χ4n) is 3.77. The zero-order valence-electron chi connectivity index (χ0n) is 13.5. The van der Waals surface area contributed by atoms with Crippen LogP contribution in [0, 0.1) is 11.8 Å². The first kappa shape index (κ1) is 15.8. The Morgan fingerprint density at radius 1 is 1.00 bits per heavy atom. The molecule has 0 aromatic rings. The van der Waals surface area contributed by atoms with Gasteiger partial charge in [0.15, 0.2) is 0 Å². The summed E-state index contributed by atoms with van der Waals surface area (Å²) in [7, 11) is 0. The van der Waals surface area contributed by atoms with E-state index in [0.717, 1.165) is 24.9 Å². The van der Waals surface area contributed by atoms with Crippen LogP contribution in [-0.4, -0.2) is 36.0 Å². The number of nitrogens with zero attached hydrogens (tertiary/aromatic N) is 1. The van der Waals surface area contributed by atoms with Crippen LogP contribution in [-0.2, 0) is 4.79 Å². The number of nitrogens with one attached hydrogen (secondary N) is 1. The molecule has 0 spiro atoms. The van der Waals surface area contributed by atoms with E-state index in [1.54, 1.807) is 0 Å². The van der Waals surface area contributed by atoms with Crippen LogP contribution in [0.3, 0.4) is 0 Å². The first-order chi connectivity index (χ1) is 9.58. The van der Waals surface area contributed by atoms with Gasteiger partial charge in [0.25, 0.3) is 0 Å². The number of hydrogen-bond donors (Lipinski definition) is 1. The molecule has 2 fully saturated rings. The van der Waals surface area contributed by atoms with Gasteiger partial charge >= 0.3 is 0 Å². The summed E-state index contributed by atoms with van der Waals surface area (Å²) in [5.74, 6) is 2.01. The van der Waals surface area contributed by atoms with Crippen molar-refractivity contribution in [2.75, 3.05) is 13.1 Å². The maximum Gasteiger partial charge on any atom is 0.239 e. The van der Waals surface area contributed by atoms with Crippen molar-refractivity contribution in [3.63, 3.8) is 0 Å². The fourth-order valence-corrected chi connectivity index (χ4v) is 3.77. The van der Waals surface area contributed by atoms with E-state index in [4.69, 9.17) is 0 Å².